The summed E-state index contributed by atoms with van der Waals surface area (Å²) in [5, 5.41) is 23.8. The summed E-state index contributed by atoms with van der Waals surface area (Å²) in [4.78, 5) is 43.7. The minimum Gasteiger partial charge on any atom is -0.479 e. The van der Waals surface area contributed by atoms with Gasteiger partial charge in [0.25, 0.3) is 0 Å². The van der Waals surface area contributed by atoms with Gasteiger partial charge in [-0.2, -0.15) is 0 Å². The van der Waals surface area contributed by atoms with E-state index in [-0.39, 0.29) is 5.92 Å². The van der Waals surface area contributed by atoms with Gasteiger partial charge < -0.3 is 24.1 Å². The van der Waals surface area contributed by atoms with Gasteiger partial charge in [-0.05, 0) is 83.0 Å². The van der Waals surface area contributed by atoms with E-state index in [1.165, 1.54) is 11.1 Å². The van der Waals surface area contributed by atoms with Crippen LogP contribution in [0.4, 0.5) is 4.79 Å². The molecule has 286 valence electrons. The second-order valence-electron chi connectivity index (χ2n) is 13.9. The molecule has 0 spiro atoms. The maximum absolute atomic E-state index is 14.3. The zero-order chi connectivity index (χ0) is 38.4. The molecule has 0 saturated carbocycles. The first-order valence-electron chi connectivity index (χ1n) is 17.4. The summed E-state index contributed by atoms with van der Waals surface area (Å²) in [5.74, 6) is -3.10. The van der Waals surface area contributed by atoms with Crippen LogP contribution in [0.25, 0.3) is 6.08 Å². The Morgan fingerprint density at radius 2 is 1.64 bits per heavy atom. The Morgan fingerprint density at radius 1 is 1.04 bits per heavy atom. The Kier molecular flexibility index (Phi) is 19.8. The van der Waals surface area contributed by atoms with E-state index in [2.05, 4.69) is 36.4 Å². The number of allylic oxidation sites excluding steroid dienone is 3. The molecule has 0 aliphatic heterocycles. The standard InChI is InChI=1S/C36H58Cl3NO8SSi/c1-11-50(12-2,13-3)48-32(29(41)33(43)44)35(9,10)31(42)26(7)30(47-34(45)46-22-36(37,38)39)25(6)19-15-17-23(4)16-14-18-24(5)20-28-21-49-27(8)40-28/h16,20-21,25-26,29-30,32,41H,11-15,17-19,22H2,1-10H3,(H,43,44)/t25-,26+,29?,30-,32-/m0/s1. The molecule has 1 unspecified atom stereocenters. The number of rotatable bonds is 22. The van der Waals surface area contributed by atoms with Crippen LogP contribution in [-0.4, -0.2) is 70.1 Å². The quantitative estimate of drug-likeness (QED) is 0.0509. The molecule has 1 rings (SSSR count). The fourth-order valence-corrected chi connectivity index (χ4v) is 9.86. The number of Topliss-reactive ketones (excluding diaryl/α,β-unsaturated/α-hetero) is 1. The summed E-state index contributed by atoms with van der Waals surface area (Å²) in [7, 11) is -2.47. The minimum absolute atomic E-state index is 0.302. The molecule has 0 fully saturated rings. The summed E-state index contributed by atoms with van der Waals surface area (Å²) in [6.07, 6.45) is 3.07. The van der Waals surface area contributed by atoms with Crippen molar-refractivity contribution in [3.8, 4) is 0 Å². The minimum atomic E-state index is -2.47. The van der Waals surface area contributed by atoms with Crippen LogP contribution < -0.4 is 0 Å². The molecule has 0 saturated heterocycles. The number of alkyl halides is 3. The smallest absolute Gasteiger partial charge is 0.479 e. The van der Waals surface area contributed by atoms with E-state index in [0.717, 1.165) is 36.4 Å². The molecular weight excluding hydrogens is 741 g/mol. The van der Waals surface area contributed by atoms with Crippen LogP contribution in [0.1, 0.15) is 105 Å². The molecule has 0 aromatic carbocycles. The number of ether oxygens (including phenoxy) is 2. The second kappa shape index (κ2) is 21.3. The first kappa shape index (κ1) is 46.5. The average Bonchev–Trinajstić information content (AvgIpc) is 3.45. The second-order valence-corrected chi connectivity index (χ2v) is 22.2. The summed E-state index contributed by atoms with van der Waals surface area (Å²) < 4.78 is 15.5. The number of carbonyl (C=O) groups excluding carboxylic acids is 2. The molecular formula is C36H58Cl3NO8SSi. The van der Waals surface area contributed by atoms with Crippen molar-refractivity contribution >= 4 is 78.4 Å². The predicted octanol–water partition coefficient (Wildman–Crippen LogP) is 10.3. The molecule has 0 aliphatic rings. The number of aliphatic hydroxyl groups is 1. The van der Waals surface area contributed by atoms with E-state index in [4.69, 9.17) is 48.7 Å². The summed E-state index contributed by atoms with van der Waals surface area (Å²) in [6, 6.07) is 2.07. The Labute approximate surface area is 319 Å². The lowest BCUT2D eigenvalue weighted by Gasteiger charge is -2.43. The fourth-order valence-electron chi connectivity index (χ4n) is 6.16. The van der Waals surface area contributed by atoms with Crippen LogP contribution in [0.15, 0.2) is 22.6 Å². The number of carbonyl (C=O) groups is 3. The number of thiazole rings is 1. The Morgan fingerprint density at radius 3 is 2.14 bits per heavy atom. The van der Waals surface area contributed by atoms with Crippen LogP contribution in [0.2, 0.25) is 18.1 Å². The molecule has 0 aliphatic carbocycles. The molecule has 0 amide bonds. The molecule has 1 heterocycles. The number of carboxylic acid groups (broad SMARTS) is 1. The highest BCUT2D eigenvalue weighted by Gasteiger charge is 2.50. The van der Waals surface area contributed by atoms with E-state index in [1.54, 1.807) is 32.1 Å². The number of carboxylic acids is 1. The third kappa shape index (κ3) is 15.2. The zero-order valence-electron chi connectivity index (χ0n) is 31.3. The summed E-state index contributed by atoms with van der Waals surface area (Å²) in [6.45, 7) is 18.3. The largest absolute Gasteiger partial charge is 0.508 e. The van der Waals surface area contributed by atoms with Gasteiger partial charge in [-0.3, -0.25) is 4.79 Å². The molecule has 0 bridgehead atoms. The van der Waals surface area contributed by atoms with Gasteiger partial charge >= 0.3 is 12.1 Å². The SMILES string of the molecule is CC[Si](CC)(CC)O[C@@H](C(O)C(=O)O)C(C)(C)C(=O)[C@H](C)[C@@H](OC(=O)OCC(Cl)(Cl)Cl)[C@@H](C)CCCC(C)=CCCC(C)=Cc1csc(C)n1. The van der Waals surface area contributed by atoms with Gasteiger partial charge in [-0.1, -0.05) is 100 Å². The van der Waals surface area contributed by atoms with Crippen molar-refractivity contribution in [3.63, 3.8) is 0 Å². The van der Waals surface area contributed by atoms with Crippen molar-refractivity contribution in [2.24, 2.45) is 17.3 Å². The van der Waals surface area contributed by atoms with Crippen molar-refractivity contribution in [1.29, 1.82) is 0 Å². The summed E-state index contributed by atoms with van der Waals surface area (Å²) in [5.41, 5.74) is 2.02. The lowest BCUT2D eigenvalue weighted by atomic mass is 9.72. The fraction of sp³-hybridized carbons (Fsp3) is 0.722. The van der Waals surface area contributed by atoms with E-state index in [1.807, 2.05) is 34.6 Å². The van der Waals surface area contributed by atoms with Gasteiger partial charge in [0.1, 0.15) is 18.5 Å². The number of halogens is 3. The number of hydrogen-bond donors (Lipinski definition) is 2. The van der Waals surface area contributed by atoms with Gasteiger partial charge in [-0.15, -0.1) is 11.3 Å². The number of nitrogens with zero attached hydrogens (tertiary/aromatic N) is 1. The van der Waals surface area contributed by atoms with Gasteiger partial charge in [-0.25, -0.2) is 14.6 Å². The van der Waals surface area contributed by atoms with Crippen LogP contribution in [0, 0.1) is 24.2 Å². The third-order valence-corrected chi connectivity index (χ3v) is 15.3. The van der Waals surface area contributed by atoms with Crippen molar-refractivity contribution in [1.82, 2.24) is 4.98 Å². The van der Waals surface area contributed by atoms with Crippen LogP contribution in [-0.2, 0) is 23.5 Å². The van der Waals surface area contributed by atoms with Crippen molar-refractivity contribution in [2.45, 2.75) is 142 Å². The van der Waals surface area contributed by atoms with Crippen LogP contribution in [0.5, 0.6) is 0 Å². The topological polar surface area (TPSA) is 132 Å². The van der Waals surface area contributed by atoms with Crippen molar-refractivity contribution in [2.75, 3.05) is 6.61 Å². The number of aryl methyl sites for hydroxylation is 1. The van der Waals surface area contributed by atoms with Crippen molar-refractivity contribution < 1.29 is 38.5 Å². The average molecular weight is 799 g/mol. The summed E-state index contributed by atoms with van der Waals surface area (Å²) >= 11 is 18.9. The highest BCUT2D eigenvalue weighted by Crippen LogP contribution is 2.38. The predicted molar refractivity (Wildman–Crippen MR) is 207 cm³/mol. The van der Waals surface area contributed by atoms with E-state index in [9.17, 15) is 24.6 Å². The third-order valence-electron chi connectivity index (χ3n) is 9.54. The van der Waals surface area contributed by atoms with Gasteiger partial charge in [0.2, 0.25) is 3.79 Å². The van der Waals surface area contributed by atoms with Gasteiger partial charge in [0.15, 0.2) is 14.4 Å². The van der Waals surface area contributed by atoms with E-state index < -0.39 is 66.3 Å². The molecule has 1 aromatic rings. The Hall–Kier alpha value is -1.47. The van der Waals surface area contributed by atoms with Crippen LogP contribution in [0.3, 0.4) is 0 Å². The molecule has 50 heavy (non-hydrogen) atoms. The highest BCUT2D eigenvalue weighted by atomic mass is 35.6. The first-order valence-corrected chi connectivity index (χ1v) is 21.9. The lowest BCUT2D eigenvalue weighted by Crippen LogP contribution is -2.57. The van der Waals surface area contributed by atoms with Crippen molar-refractivity contribution in [3.05, 3.63) is 33.3 Å². The van der Waals surface area contributed by atoms with Gasteiger partial charge in [0.05, 0.1) is 28.1 Å². The molecule has 1 aromatic heterocycles. The maximum atomic E-state index is 14.3. The van der Waals surface area contributed by atoms with Gasteiger partial charge in [0, 0.05) is 5.38 Å². The lowest BCUT2D eigenvalue weighted by molar-refractivity contribution is -0.162. The van der Waals surface area contributed by atoms with Crippen LogP contribution >= 0.6 is 46.1 Å². The molecule has 5 atom stereocenters. The molecule has 14 heteroatoms. The maximum Gasteiger partial charge on any atom is 0.508 e. The normalized spacial score (nSPS) is 16.4. The number of aromatic nitrogens is 1. The van der Waals surface area contributed by atoms with E-state index in [0.29, 0.717) is 24.6 Å². The highest BCUT2D eigenvalue weighted by molar-refractivity contribution is 7.09. The zero-order valence-corrected chi connectivity index (χ0v) is 35.4. The number of ketones is 1. The number of aliphatic hydroxyl groups excluding tert-OH is 1. The Balaban J connectivity index is 3.18. The first-order chi connectivity index (χ1) is 23.1. The molecule has 0 radical (unpaired) electrons. The van der Waals surface area contributed by atoms with E-state index >= 15 is 0 Å². The Bertz CT molecular complexity index is 1300. The monoisotopic (exact) mass is 797 g/mol. The molecule has 9 nitrogen and oxygen atoms in total. The number of hydrogen-bond acceptors (Lipinski definition) is 9. The molecule has 2 N–H and O–H groups in total. The number of aliphatic carboxylic acids is 1.